The van der Waals surface area contributed by atoms with Crippen LogP contribution in [0.15, 0.2) is 24.3 Å². The fourth-order valence-corrected chi connectivity index (χ4v) is 2.41. The van der Waals surface area contributed by atoms with Crippen molar-refractivity contribution < 1.29 is 14.2 Å². The minimum absolute atomic E-state index is 0.228. The first-order valence-electron chi connectivity index (χ1n) is 5.95. The number of benzene rings is 1. The molecule has 0 aromatic heterocycles. The third-order valence-corrected chi connectivity index (χ3v) is 3.70. The SMILES string of the molecule is CC(O)(Cc1cccc(F)c1)C1(C#N)CCOC1. The molecule has 1 aromatic rings. The van der Waals surface area contributed by atoms with E-state index in [1.54, 1.807) is 19.1 Å². The predicted octanol–water partition coefficient (Wildman–Crippen LogP) is 2.05. The van der Waals surface area contributed by atoms with Crippen LogP contribution in [0.3, 0.4) is 0 Å². The lowest BCUT2D eigenvalue weighted by Gasteiger charge is -2.36. The van der Waals surface area contributed by atoms with E-state index in [-0.39, 0.29) is 18.8 Å². The van der Waals surface area contributed by atoms with Crippen molar-refractivity contribution >= 4 is 0 Å². The second-order valence-corrected chi connectivity index (χ2v) is 5.08. The average Bonchev–Trinajstić information content (AvgIpc) is 2.78. The second kappa shape index (κ2) is 4.68. The summed E-state index contributed by atoms with van der Waals surface area (Å²) in [7, 11) is 0. The summed E-state index contributed by atoms with van der Waals surface area (Å²) in [6, 6.07) is 8.28. The molecule has 2 atom stereocenters. The number of hydrogen-bond acceptors (Lipinski definition) is 3. The predicted molar refractivity (Wildman–Crippen MR) is 64.2 cm³/mol. The van der Waals surface area contributed by atoms with Gasteiger partial charge >= 0.3 is 0 Å². The largest absolute Gasteiger partial charge is 0.388 e. The summed E-state index contributed by atoms with van der Waals surface area (Å²) in [6.07, 6.45) is 0.744. The van der Waals surface area contributed by atoms with E-state index < -0.39 is 11.0 Å². The summed E-state index contributed by atoms with van der Waals surface area (Å²) in [5, 5.41) is 19.9. The Labute approximate surface area is 106 Å². The van der Waals surface area contributed by atoms with Gasteiger partial charge in [0.15, 0.2) is 0 Å². The van der Waals surface area contributed by atoms with E-state index in [0.29, 0.717) is 18.6 Å². The standard InChI is InChI=1S/C14H16FNO2/c1-13(17,14(9-16)5-6-18-10-14)8-11-3-2-4-12(15)7-11/h2-4,7,17H,5-6,8,10H2,1H3. The molecule has 1 N–H and O–H groups in total. The molecule has 1 aliphatic rings. The highest BCUT2D eigenvalue weighted by Gasteiger charge is 2.50. The first-order valence-corrected chi connectivity index (χ1v) is 5.95. The first-order chi connectivity index (χ1) is 8.49. The Morgan fingerprint density at radius 3 is 2.94 bits per heavy atom. The molecule has 18 heavy (non-hydrogen) atoms. The Kier molecular flexibility index (Phi) is 3.38. The summed E-state index contributed by atoms with van der Waals surface area (Å²) >= 11 is 0. The van der Waals surface area contributed by atoms with Gasteiger partial charge in [-0.05, 0) is 31.0 Å². The van der Waals surface area contributed by atoms with Crippen LogP contribution in [0.1, 0.15) is 18.9 Å². The number of ether oxygens (including phenoxy) is 1. The molecule has 0 amide bonds. The summed E-state index contributed by atoms with van der Waals surface area (Å²) < 4.78 is 18.4. The molecule has 1 aromatic carbocycles. The van der Waals surface area contributed by atoms with Crippen molar-refractivity contribution in [2.24, 2.45) is 5.41 Å². The number of aliphatic hydroxyl groups is 1. The Bertz CT molecular complexity index is 473. The van der Waals surface area contributed by atoms with Gasteiger partial charge in [0.25, 0.3) is 0 Å². The van der Waals surface area contributed by atoms with Crippen LogP contribution >= 0.6 is 0 Å². The minimum atomic E-state index is -1.23. The third kappa shape index (κ3) is 2.24. The van der Waals surface area contributed by atoms with Crippen molar-refractivity contribution in [1.82, 2.24) is 0 Å². The molecule has 0 aliphatic carbocycles. The van der Waals surface area contributed by atoms with E-state index in [1.165, 1.54) is 12.1 Å². The van der Waals surface area contributed by atoms with Gasteiger partial charge in [0.2, 0.25) is 0 Å². The van der Waals surface area contributed by atoms with Crippen LogP contribution in [0.5, 0.6) is 0 Å². The lowest BCUT2D eigenvalue weighted by molar-refractivity contribution is -0.0420. The van der Waals surface area contributed by atoms with Gasteiger partial charge in [-0.15, -0.1) is 0 Å². The highest BCUT2D eigenvalue weighted by molar-refractivity contribution is 5.22. The quantitative estimate of drug-likeness (QED) is 0.892. The lowest BCUT2D eigenvalue weighted by atomic mass is 9.70. The van der Waals surface area contributed by atoms with Crippen molar-refractivity contribution in [2.45, 2.75) is 25.4 Å². The molecular formula is C14H16FNO2. The molecule has 1 fully saturated rings. The van der Waals surface area contributed by atoms with Crippen molar-refractivity contribution in [3.63, 3.8) is 0 Å². The van der Waals surface area contributed by atoms with E-state index in [9.17, 15) is 14.8 Å². The zero-order chi connectivity index (χ0) is 13.2. The van der Waals surface area contributed by atoms with Gasteiger partial charge in [-0.25, -0.2) is 4.39 Å². The minimum Gasteiger partial charge on any atom is -0.388 e. The van der Waals surface area contributed by atoms with Gasteiger partial charge in [-0.1, -0.05) is 12.1 Å². The number of hydrogen-bond donors (Lipinski definition) is 1. The van der Waals surface area contributed by atoms with Crippen LogP contribution in [0, 0.1) is 22.6 Å². The zero-order valence-electron chi connectivity index (χ0n) is 10.3. The highest BCUT2D eigenvalue weighted by atomic mass is 19.1. The molecule has 2 rings (SSSR count). The molecule has 1 heterocycles. The van der Waals surface area contributed by atoms with Crippen LogP contribution in [0.25, 0.3) is 0 Å². The number of nitriles is 1. The maximum atomic E-state index is 13.1. The number of halogens is 1. The highest BCUT2D eigenvalue weighted by Crippen LogP contribution is 2.40. The number of rotatable bonds is 3. The Morgan fingerprint density at radius 2 is 2.39 bits per heavy atom. The summed E-state index contributed by atoms with van der Waals surface area (Å²) in [4.78, 5) is 0. The summed E-state index contributed by atoms with van der Waals surface area (Å²) in [5.74, 6) is -0.336. The molecule has 4 heteroatoms. The Hall–Kier alpha value is -1.44. The molecule has 1 aliphatic heterocycles. The molecule has 0 bridgehead atoms. The maximum absolute atomic E-state index is 13.1. The maximum Gasteiger partial charge on any atom is 0.123 e. The van der Waals surface area contributed by atoms with Crippen LogP contribution in [0.4, 0.5) is 4.39 Å². The lowest BCUT2D eigenvalue weighted by Crippen LogP contribution is -2.47. The molecule has 96 valence electrons. The van der Waals surface area contributed by atoms with Crippen LogP contribution in [-0.2, 0) is 11.2 Å². The molecule has 0 saturated carbocycles. The van der Waals surface area contributed by atoms with E-state index in [1.807, 2.05) is 0 Å². The summed E-state index contributed by atoms with van der Waals surface area (Å²) in [6.45, 7) is 2.33. The van der Waals surface area contributed by atoms with Crippen LogP contribution in [0.2, 0.25) is 0 Å². The van der Waals surface area contributed by atoms with E-state index in [0.717, 1.165) is 0 Å². The van der Waals surface area contributed by atoms with Gasteiger partial charge < -0.3 is 9.84 Å². The Morgan fingerprint density at radius 1 is 1.61 bits per heavy atom. The van der Waals surface area contributed by atoms with Gasteiger partial charge in [-0.2, -0.15) is 5.26 Å². The third-order valence-electron chi connectivity index (χ3n) is 3.70. The molecule has 0 spiro atoms. The average molecular weight is 249 g/mol. The van der Waals surface area contributed by atoms with Crippen molar-refractivity contribution in [1.29, 1.82) is 5.26 Å². The molecule has 3 nitrogen and oxygen atoms in total. The van der Waals surface area contributed by atoms with Crippen LogP contribution < -0.4 is 0 Å². The molecule has 2 unspecified atom stereocenters. The fourth-order valence-electron chi connectivity index (χ4n) is 2.41. The normalized spacial score (nSPS) is 26.6. The van der Waals surface area contributed by atoms with E-state index in [2.05, 4.69) is 6.07 Å². The van der Waals surface area contributed by atoms with E-state index in [4.69, 9.17) is 4.74 Å². The van der Waals surface area contributed by atoms with Gasteiger partial charge in [0.1, 0.15) is 11.2 Å². The van der Waals surface area contributed by atoms with Gasteiger partial charge in [0.05, 0.1) is 18.3 Å². The van der Waals surface area contributed by atoms with Crippen molar-refractivity contribution in [3.05, 3.63) is 35.6 Å². The molecule has 1 saturated heterocycles. The van der Waals surface area contributed by atoms with Crippen LogP contribution in [-0.4, -0.2) is 23.9 Å². The Balaban J connectivity index is 2.24. The van der Waals surface area contributed by atoms with Crippen molar-refractivity contribution in [3.8, 4) is 6.07 Å². The summed E-state index contributed by atoms with van der Waals surface area (Å²) in [5.41, 5.74) is -1.45. The second-order valence-electron chi connectivity index (χ2n) is 5.08. The first kappa shape index (κ1) is 13.0. The van der Waals surface area contributed by atoms with Gasteiger partial charge in [-0.3, -0.25) is 0 Å². The van der Waals surface area contributed by atoms with E-state index >= 15 is 0 Å². The molecular weight excluding hydrogens is 233 g/mol. The van der Waals surface area contributed by atoms with Crippen molar-refractivity contribution in [2.75, 3.05) is 13.2 Å². The zero-order valence-corrected chi connectivity index (χ0v) is 10.3. The smallest absolute Gasteiger partial charge is 0.123 e. The fraction of sp³-hybridized carbons (Fsp3) is 0.500. The van der Waals surface area contributed by atoms with Gasteiger partial charge in [0, 0.05) is 13.0 Å². The monoisotopic (exact) mass is 249 g/mol. The number of nitrogens with zero attached hydrogens (tertiary/aromatic N) is 1. The molecule has 0 radical (unpaired) electrons. The topological polar surface area (TPSA) is 53.2 Å².